The number of carbonyl (C=O) groups is 1. The Kier molecular flexibility index (Phi) is 6.03. The molecule has 0 aliphatic rings. The van der Waals surface area contributed by atoms with Gasteiger partial charge in [0.2, 0.25) is 5.88 Å². The molecule has 4 rings (SSSR count). The highest BCUT2D eigenvalue weighted by molar-refractivity contribution is 6.05. The molecule has 1 N–H and O–H groups in total. The molecule has 156 valence electrons. The number of anilines is 1. The van der Waals surface area contributed by atoms with E-state index >= 15 is 0 Å². The number of benzene rings is 3. The summed E-state index contributed by atoms with van der Waals surface area (Å²) >= 11 is 0. The maximum atomic E-state index is 13.5. The summed E-state index contributed by atoms with van der Waals surface area (Å²) in [6, 6.07) is 22.3. The fourth-order valence-electron chi connectivity index (χ4n) is 3.02. The molecule has 0 aliphatic heterocycles. The number of halogens is 2. The summed E-state index contributed by atoms with van der Waals surface area (Å²) in [5, 5.41) is 6.98. The SMILES string of the molecule is O=C(Nc1ccc(F)c(F)c1)c1cn(Cc2ccccc2)nc1OCc1ccccc1. The van der Waals surface area contributed by atoms with Crippen molar-refractivity contribution in [2.45, 2.75) is 13.2 Å². The molecule has 0 atom stereocenters. The van der Waals surface area contributed by atoms with Crippen LogP contribution in [0.4, 0.5) is 14.5 Å². The van der Waals surface area contributed by atoms with Crippen LogP contribution in [0.5, 0.6) is 5.88 Å². The number of nitrogens with one attached hydrogen (secondary N) is 1. The van der Waals surface area contributed by atoms with Crippen LogP contribution in [0.15, 0.2) is 85.1 Å². The van der Waals surface area contributed by atoms with Gasteiger partial charge in [-0.3, -0.25) is 9.48 Å². The Labute approximate surface area is 177 Å². The first-order valence-electron chi connectivity index (χ1n) is 9.63. The lowest BCUT2D eigenvalue weighted by atomic mass is 10.2. The molecule has 5 nitrogen and oxygen atoms in total. The van der Waals surface area contributed by atoms with Crippen molar-refractivity contribution in [1.82, 2.24) is 9.78 Å². The first-order chi connectivity index (χ1) is 15.1. The molecule has 7 heteroatoms. The molecule has 1 amide bonds. The van der Waals surface area contributed by atoms with Crippen molar-refractivity contribution in [2.24, 2.45) is 0 Å². The molecule has 0 fully saturated rings. The van der Waals surface area contributed by atoms with E-state index < -0.39 is 17.5 Å². The minimum absolute atomic E-state index is 0.133. The molecule has 0 bridgehead atoms. The van der Waals surface area contributed by atoms with E-state index in [1.54, 1.807) is 10.9 Å². The van der Waals surface area contributed by atoms with Gasteiger partial charge in [-0.2, -0.15) is 0 Å². The van der Waals surface area contributed by atoms with Gasteiger partial charge in [0, 0.05) is 18.0 Å². The van der Waals surface area contributed by atoms with Crippen molar-refractivity contribution < 1.29 is 18.3 Å². The van der Waals surface area contributed by atoms with Crippen LogP contribution in [0, 0.1) is 11.6 Å². The molecule has 1 aromatic heterocycles. The third-order valence-corrected chi connectivity index (χ3v) is 4.56. The van der Waals surface area contributed by atoms with Crippen LogP contribution in [0.25, 0.3) is 0 Å². The highest BCUT2D eigenvalue weighted by Crippen LogP contribution is 2.21. The average Bonchev–Trinajstić information content (AvgIpc) is 3.19. The first-order valence-corrected chi connectivity index (χ1v) is 9.63. The van der Waals surface area contributed by atoms with Crippen molar-refractivity contribution in [3.05, 3.63) is 113 Å². The molecule has 31 heavy (non-hydrogen) atoms. The molecule has 0 unspecified atom stereocenters. The number of aromatic nitrogens is 2. The van der Waals surface area contributed by atoms with Crippen molar-refractivity contribution in [1.29, 1.82) is 0 Å². The number of amides is 1. The monoisotopic (exact) mass is 419 g/mol. The number of hydrogen-bond donors (Lipinski definition) is 1. The fraction of sp³-hybridized carbons (Fsp3) is 0.0833. The van der Waals surface area contributed by atoms with E-state index in [-0.39, 0.29) is 23.7 Å². The van der Waals surface area contributed by atoms with Crippen molar-refractivity contribution in [3.63, 3.8) is 0 Å². The molecule has 0 saturated heterocycles. The Morgan fingerprint density at radius 3 is 2.26 bits per heavy atom. The summed E-state index contributed by atoms with van der Waals surface area (Å²) in [6.45, 7) is 0.676. The zero-order chi connectivity index (χ0) is 21.6. The van der Waals surface area contributed by atoms with Gasteiger partial charge in [0.15, 0.2) is 11.6 Å². The lowest BCUT2D eigenvalue weighted by Crippen LogP contribution is -2.13. The van der Waals surface area contributed by atoms with Crippen LogP contribution < -0.4 is 10.1 Å². The van der Waals surface area contributed by atoms with E-state index in [2.05, 4.69) is 10.4 Å². The first kappa shape index (κ1) is 20.3. The maximum Gasteiger partial charge on any atom is 0.262 e. The molecule has 3 aromatic carbocycles. The molecule has 4 aromatic rings. The Morgan fingerprint density at radius 2 is 1.58 bits per heavy atom. The molecule has 0 radical (unpaired) electrons. The van der Waals surface area contributed by atoms with Gasteiger partial charge in [0.25, 0.3) is 5.91 Å². The van der Waals surface area contributed by atoms with Crippen LogP contribution >= 0.6 is 0 Å². The summed E-state index contributed by atoms with van der Waals surface area (Å²) in [5.74, 6) is -2.41. The topological polar surface area (TPSA) is 56.2 Å². The second-order valence-corrected chi connectivity index (χ2v) is 6.89. The van der Waals surface area contributed by atoms with Gasteiger partial charge in [-0.15, -0.1) is 5.10 Å². The Bertz CT molecular complexity index is 1180. The summed E-state index contributed by atoms with van der Waals surface area (Å²) < 4.78 is 34.1. The Balaban J connectivity index is 1.58. The maximum absolute atomic E-state index is 13.5. The van der Waals surface area contributed by atoms with Crippen molar-refractivity contribution >= 4 is 11.6 Å². The predicted molar refractivity (Wildman–Crippen MR) is 113 cm³/mol. The van der Waals surface area contributed by atoms with Gasteiger partial charge < -0.3 is 10.1 Å². The van der Waals surface area contributed by atoms with Crippen LogP contribution in [0.3, 0.4) is 0 Å². The van der Waals surface area contributed by atoms with Gasteiger partial charge in [-0.1, -0.05) is 60.7 Å². The highest BCUT2D eigenvalue weighted by Gasteiger charge is 2.19. The largest absolute Gasteiger partial charge is 0.471 e. The number of nitrogens with zero attached hydrogens (tertiary/aromatic N) is 2. The molecule has 0 aliphatic carbocycles. The van der Waals surface area contributed by atoms with E-state index in [1.807, 2.05) is 60.7 Å². The minimum Gasteiger partial charge on any atom is -0.471 e. The van der Waals surface area contributed by atoms with E-state index in [9.17, 15) is 13.6 Å². The zero-order valence-electron chi connectivity index (χ0n) is 16.5. The standard InChI is InChI=1S/C24H19F2N3O2/c25-21-12-11-19(13-22(21)26)27-23(30)20-15-29(14-17-7-3-1-4-8-17)28-24(20)31-16-18-9-5-2-6-10-18/h1-13,15H,14,16H2,(H,27,30). The summed E-state index contributed by atoms with van der Waals surface area (Å²) in [6.07, 6.45) is 1.57. The molecular formula is C24H19F2N3O2. The highest BCUT2D eigenvalue weighted by atomic mass is 19.2. The number of carbonyl (C=O) groups excluding carboxylic acids is 1. The van der Waals surface area contributed by atoms with Crippen molar-refractivity contribution in [2.75, 3.05) is 5.32 Å². The van der Waals surface area contributed by atoms with E-state index in [4.69, 9.17) is 4.74 Å². The van der Waals surface area contributed by atoms with Gasteiger partial charge in [-0.05, 0) is 23.3 Å². The third-order valence-electron chi connectivity index (χ3n) is 4.56. The second kappa shape index (κ2) is 9.21. The summed E-state index contributed by atoms with van der Waals surface area (Å²) in [7, 11) is 0. The van der Waals surface area contributed by atoms with Gasteiger partial charge in [-0.25, -0.2) is 8.78 Å². The fourth-order valence-corrected chi connectivity index (χ4v) is 3.02. The van der Waals surface area contributed by atoms with Crippen LogP contribution in [-0.4, -0.2) is 15.7 Å². The van der Waals surface area contributed by atoms with Gasteiger partial charge in [0.1, 0.15) is 12.2 Å². The second-order valence-electron chi connectivity index (χ2n) is 6.89. The predicted octanol–water partition coefficient (Wildman–Crippen LogP) is 5.04. The zero-order valence-corrected chi connectivity index (χ0v) is 16.5. The van der Waals surface area contributed by atoms with E-state index in [1.165, 1.54) is 6.07 Å². The molecule has 0 saturated carbocycles. The van der Waals surface area contributed by atoms with Gasteiger partial charge in [0.05, 0.1) is 6.54 Å². The number of hydrogen-bond acceptors (Lipinski definition) is 3. The Hall–Kier alpha value is -4.00. The van der Waals surface area contributed by atoms with E-state index in [0.29, 0.717) is 6.54 Å². The third kappa shape index (κ3) is 5.14. The summed E-state index contributed by atoms with van der Waals surface area (Å²) in [5.41, 5.74) is 2.25. The molecular weight excluding hydrogens is 400 g/mol. The quantitative estimate of drug-likeness (QED) is 0.457. The summed E-state index contributed by atoms with van der Waals surface area (Å²) in [4.78, 5) is 12.8. The van der Waals surface area contributed by atoms with Crippen LogP contribution in [0.1, 0.15) is 21.5 Å². The lowest BCUT2D eigenvalue weighted by Gasteiger charge is -2.07. The van der Waals surface area contributed by atoms with Crippen molar-refractivity contribution in [3.8, 4) is 5.88 Å². The van der Waals surface area contributed by atoms with Crippen LogP contribution in [-0.2, 0) is 13.2 Å². The normalized spacial score (nSPS) is 10.6. The minimum atomic E-state index is -1.04. The average molecular weight is 419 g/mol. The molecule has 1 heterocycles. The van der Waals surface area contributed by atoms with E-state index in [0.717, 1.165) is 23.3 Å². The number of ether oxygens (including phenoxy) is 1. The van der Waals surface area contributed by atoms with Crippen LogP contribution in [0.2, 0.25) is 0 Å². The lowest BCUT2D eigenvalue weighted by molar-refractivity contribution is 0.102. The Morgan fingerprint density at radius 1 is 0.903 bits per heavy atom. The smallest absolute Gasteiger partial charge is 0.262 e. The molecule has 0 spiro atoms. The van der Waals surface area contributed by atoms with Gasteiger partial charge >= 0.3 is 0 Å². The number of rotatable bonds is 7.